The molecule has 1 aliphatic rings. The van der Waals surface area contributed by atoms with E-state index in [1.54, 1.807) is 0 Å². The van der Waals surface area contributed by atoms with Crippen LogP contribution in [0, 0.1) is 0 Å². The Morgan fingerprint density at radius 1 is 1.45 bits per heavy atom. The largest absolute Gasteiger partial charge is 0.405 e. The van der Waals surface area contributed by atoms with Gasteiger partial charge in [0.15, 0.2) is 5.82 Å². The van der Waals surface area contributed by atoms with Crippen molar-refractivity contribution in [2.24, 2.45) is 5.84 Å². The van der Waals surface area contributed by atoms with Gasteiger partial charge in [-0.25, -0.2) is 15.8 Å². The number of nitrogens with two attached hydrogens (primary N) is 1. The van der Waals surface area contributed by atoms with Crippen molar-refractivity contribution in [2.75, 3.05) is 24.0 Å². The molecule has 0 saturated heterocycles. The summed E-state index contributed by atoms with van der Waals surface area (Å²) in [6.45, 7) is -0.932. The van der Waals surface area contributed by atoms with Crippen LogP contribution >= 0.6 is 0 Å². The van der Waals surface area contributed by atoms with Crippen LogP contribution in [0.15, 0.2) is 6.07 Å². The maximum Gasteiger partial charge on any atom is 0.405 e. The summed E-state index contributed by atoms with van der Waals surface area (Å²) in [6, 6.07) is 1.27. The first-order chi connectivity index (χ1) is 9.43. The number of rotatable bonds is 6. The maximum absolute atomic E-state index is 12.7. The standard InChI is InChI=1S/C11H16F3N5O/c1-20-5-9-16-8(18-15)4-10(17-9)19(7-2-3-7)6-11(12,13)14/h4,7H,2-3,5-6,15H2,1H3,(H,16,17,18). The first kappa shape index (κ1) is 14.8. The number of nitrogens with zero attached hydrogens (tertiary/aromatic N) is 3. The Balaban J connectivity index is 2.29. The minimum Gasteiger partial charge on any atom is -0.377 e. The van der Waals surface area contributed by atoms with E-state index in [9.17, 15) is 13.2 Å². The summed E-state index contributed by atoms with van der Waals surface area (Å²) in [5.74, 6) is 6.03. The van der Waals surface area contributed by atoms with E-state index in [0.717, 1.165) is 12.8 Å². The van der Waals surface area contributed by atoms with Crippen molar-refractivity contribution in [2.45, 2.75) is 31.7 Å². The highest BCUT2D eigenvalue weighted by Gasteiger charge is 2.39. The van der Waals surface area contributed by atoms with Crippen LogP contribution in [0.5, 0.6) is 0 Å². The van der Waals surface area contributed by atoms with Crippen LogP contribution in [0.1, 0.15) is 18.7 Å². The van der Waals surface area contributed by atoms with Gasteiger partial charge in [0.1, 0.15) is 24.8 Å². The van der Waals surface area contributed by atoms with Gasteiger partial charge in [0.2, 0.25) is 0 Å². The monoisotopic (exact) mass is 291 g/mol. The number of hydrazine groups is 1. The van der Waals surface area contributed by atoms with Crippen molar-refractivity contribution in [1.29, 1.82) is 0 Å². The number of ether oxygens (including phenoxy) is 1. The summed E-state index contributed by atoms with van der Waals surface area (Å²) in [7, 11) is 1.46. The van der Waals surface area contributed by atoms with Gasteiger partial charge in [-0.2, -0.15) is 13.2 Å². The summed E-state index contributed by atoms with van der Waals surface area (Å²) in [6.07, 6.45) is -2.83. The summed E-state index contributed by atoms with van der Waals surface area (Å²) in [5, 5.41) is 0. The minimum absolute atomic E-state index is 0.104. The summed E-state index contributed by atoms with van der Waals surface area (Å²) in [5.41, 5.74) is 2.33. The Labute approximate surface area is 114 Å². The van der Waals surface area contributed by atoms with Gasteiger partial charge in [-0.1, -0.05) is 0 Å². The second-order valence-electron chi connectivity index (χ2n) is 4.58. The van der Waals surface area contributed by atoms with Crippen LogP contribution in [0.4, 0.5) is 24.8 Å². The molecule has 1 fully saturated rings. The molecule has 0 radical (unpaired) electrons. The third kappa shape index (κ3) is 3.94. The van der Waals surface area contributed by atoms with Gasteiger partial charge in [-0.15, -0.1) is 0 Å². The Kier molecular flexibility index (Phi) is 4.29. The Morgan fingerprint density at radius 3 is 2.65 bits per heavy atom. The quantitative estimate of drug-likeness (QED) is 0.610. The van der Waals surface area contributed by atoms with Gasteiger partial charge in [0.05, 0.1) is 0 Å². The lowest BCUT2D eigenvalue weighted by atomic mass is 10.4. The second-order valence-corrected chi connectivity index (χ2v) is 4.58. The van der Waals surface area contributed by atoms with Crippen molar-refractivity contribution in [3.63, 3.8) is 0 Å². The molecule has 0 aliphatic heterocycles. The molecule has 20 heavy (non-hydrogen) atoms. The van der Waals surface area contributed by atoms with Crippen LogP contribution in [0.2, 0.25) is 0 Å². The number of alkyl halides is 3. The molecule has 0 spiro atoms. The van der Waals surface area contributed by atoms with Gasteiger partial charge in [0.25, 0.3) is 0 Å². The first-order valence-electron chi connectivity index (χ1n) is 6.10. The molecule has 0 aromatic carbocycles. The second kappa shape index (κ2) is 5.80. The molecule has 0 amide bonds. The lowest BCUT2D eigenvalue weighted by Gasteiger charge is -2.25. The van der Waals surface area contributed by atoms with Crippen LogP contribution in [-0.4, -0.2) is 35.8 Å². The molecule has 0 atom stereocenters. The van der Waals surface area contributed by atoms with Crippen molar-refractivity contribution in [3.8, 4) is 0 Å². The summed E-state index contributed by atoms with van der Waals surface area (Å²) < 4.78 is 42.9. The fourth-order valence-corrected chi connectivity index (χ4v) is 1.87. The Morgan fingerprint density at radius 2 is 2.15 bits per heavy atom. The summed E-state index contributed by atoms with van der Waals surface area (Å²) in [4.78, 5) is 9.37. The van der Waals surface area contributed by atoms with E-state index in [0.29, 0.717) is 0 Å². The van der Waals surface area contributed by atoms with Gasteiger partial charge < -0.3 is 15.1 Å². The number of aromatic nitrogens is 2. The van der Waals surface area contributed by atoms with E-state index in [1.807, 2.05) is 0 Å². The molecular formula is C11H16F3N5O. The van der Waals surface area contributed by atoms with Crippen molar-refractivity contribution in [1.82, 2.24) is 9.97 Å². The van der Waals surface area contributed by atoms with Gasteiger partial charge in [-0.3, -0.25) is 0 Å². The zero-order valence-corrected chi connectivity index (χ0v) is 10.9. The molecule has 0 bridgehead atoms. The fraction of sp³-hybridized carbons (Fsp3) is 0.636. The number of nitrogen functional groups attached to an aromatic ring is 1. The summed E-state index contributed by atoms with van der Waals surface area (Å²) >= 11 is 0. The number of halogens is 3. The van der Waals surface area contributed by atoms with Crippen LogP contribution in [-0.2, 0) is 11.3 Å². The molecule has 1 saturated carbocycles. The SMILES string of the molecule is COCc1nc(NN)cc(N(CC(F)(F)F)C2CC2)n1. The zero-order chi connectivity index (χ0) is 14.8. The van der Waals surface area contributed by atoms with Crippen LogP contribution in [0.3, 0.4) is 0 Å². The number of hydrogen-bond donors (Lipinski definition) is 2. The van der Waals surface area contributed by atoms with Crippen molar-refractivity contribution < 1.29 is 17.9 Å². The predicted molar refractivity (Wildman–Crippen MR) is 67.0 cm³/mol. The molecular weight excluding hydrogens is 275 g/mol. The maximum atomic E-state index is 12.7. The van der Waals surface area contributed by atoms with E-state index in [2.05, 4.69) is 15.4 Å². The molecule has 1 aromatic rings. The van der Waals surface area contributed by atoms with E-state index in [4.69, 9.17) is 10.6 Å². The number of hydrogen-bond acceptors (Lipinski definition) is 6. The molecule has 6 nitrogen and oxygen atoms in total. The van der Waals surface area contributed by atoms with E-state index in [-0.39, 0.29) is 30.1 Å². The molecule has 2 rings (SSSR count). The minimum atomic E-state index is -4.29. The average Bonchev–Trinajstić information content (AvgIpc) is 3.19. The highest BCUT2D eigenvalue weighted by molar-refractivity contribution is 5.50. The van der Waals surface area contributed by atoms with Crippen molar-refractivity contribution in [3.05, 3.63) is 11.9 Å². The van der Waals surface area contributed by atoms with E-state index < -0.39 is 12.7 Å². The van der Waals surface area contributed by atoms with Crippen LogP contribution < -0.4 is 16.2 Å². The molecule has 1 aromatic heterocycles. The topological polar surface area (TPSA) is 76.3 Å². The molecule has 0 unspecified atom stereocenters. The zero-order valence-electron chi connectivity index (χ0n) is 10.9. The van der Waals surface area contributed by atoms with Gasteiger partial charge in [-0.05, 0) is 12.8 Å². The first-order valence-corrected chi connectivity index (χ1v) is 6.10. The number of nitrogens with one attached hydrogen (secondary N) is 1. The number of methoxy groups -OCH3 is 1. The van der Waals surface area contributed by atoms with E-state index >= 15 is 0 Å². The fourth-order valence-electron chi connectivity index (χ4n) is 1.87. The highest BCUT2D eigenvalue weighted by atomic mass is 19.4. The molecule has 9 heteroatoms. The van der Waals surface area contributed by atoms with Gasteiger partial charge in [0, 0.05) is 19.2 Å². The average molecular weight is 291 g/mol. The van der Waals surface area contributed by atoms with Crippen LogP contribution in [0.25, 0.3) is 0 Å². The lowest BCUT2D eigenvalue weighted by molar-refractivity contribution is -0.120. The smallest absolute Gasteiger partial charge is 0.377 e. The molecule has 1 heterocycles. The number of anilines is 2. The normalized spacial score (nSPS) is 15.2. The third-order valence-electron chi connectivity index (χ3n) is 2.81. The Bertz CT molecular complexity index is 464. The molecule has 3 N–H and O–H groups in total. The van der Waals surface area contributed by atoms with Crippen molar-refractivity contribution >= 4 is 11.6 Å². The van der Waals surface area contributed by atoms with E-state index in [1.165, 1.54) is 18.1 Å². The Hall–Kier alpha value is -1.61. The predicted octanol–water partition coefficient (Wildman–Crippen LogP) is 1.44. The lowest BCUT2D eigenvalue weighted by Crippen LogP contribution is -2.36. The molecule has 112 valence electrons. The third-order valence-corrected chi connectivity index (χ3v) is 2.81. The highest BCUT2D eigenvalue weighted by Crippen LogP contribution is 2.34. The van der Waals surface area contributed by atoms with Gasteiger partial charge >= 0.3 is 6.18 Å². The molecule has 1 aliphatic carbocycles.